The van der Waals surface area contributed by atoms with Crippen LogP contribution in [0.1, 0.15) is 27.4 Å². The number of amides is 1. The molecule has 1 heterocycles. The van der Waals surface area contributed by atoms with Crippen LogP contribution in [0.2, 0.25) is 0 Å². The molecule has 2 aromatic carbocycles. The van der Waals surface area contributed by atoms with E-state index in [1.165, 1.54) is 18.2 Å². The minimum absolute atomic E-state index is 0.157. The number of carbonyl (C=O) groups excluding carboxylic acids is 1. The average Bonchev–Trinajstić information content (AvgIpc) is 3.01. The number of aliphatic carboxylic acids is 1. The number of benzene rings is 2. The van der Waals surface area contributed by atoms with Crippen LogP contribution < -0.4 is 0 Å². The number of carboxylic acid groups (broad SMARTS) is 1. The van der Waals surface area contributed by atoms with Gasteiger partial charge in [0.25, 0.3) is 5.91 Å². The number of likely N-dealkylation sites (tertiary alicyclic amines) is 1. The van der Waals surface area contributed by atoms with Gasteiger partial charge >= 0.3 is 5.97 Å². The molecule has 5 heteroatoms. The molecule has 2 aromatic rings. The second kappa shape index (κ2) is 6.43. The molecule has 1 aliphatic heterocycles. The number of aryl methyl sites for hydroxylation is 1. The Bertz CT molecular complexity index is 775. The van der Waals surface area contributed by atoms with Crippen LogP contribution in [-0.2, 0) is 4.79 Å². The van der Waals surface area contributed by atoms with E-state index < -0.39 is 17.7 Å². The second-order valence-corrected chi connectivity index (χ2v) is 6.13. The third kappa shape index (κ3) is 3.02. The van der Waals surface area contributed by atoms with Gasteiger partial charge in [0.15, 0.2) is 0 Å². The first kappa shape index (κ1) is 16.2. The molecule has 0 aliphatic carbocycles. The van der Waals surface area contributed by atoms with E-state index in [1.807, 2.05) is 30.3 Å². The summed E-state index contributed by atoms with van der Waals surface area (Å²) in [6.07, 6.45) is 0. The Morgan fingerprint density at radius 2 is 1.83 bits per heavy atom. The maximum absolute atomic E-state index is 13.2. The Kier molecular flexibility index (Phi) is 4.34. The van der Waals surface area contributed by atoms with E-state index in [0.717, 1.165) is 5.56 Å². The van der Waals surface area contributed by atoms with Crippen molar-refractivity contribution in [2.75, 3.05) is 13.1 Å². The lowest BCUT2D eigenvalue weighted by Crippen LogP contribution is -2.30. The minimum Gasteiger partial charge on any atom is -0.481 e. The van der Waals surface area contributed by atoms with Crippen molar-refractivity contribution in [1.29, 1.82) is 0 Å². The molecule has 3 rings (SSSR count). The van der Waals surface area contributed by atoms with Crippen LogP contribution in [-0.4, -0.2) is 35.0 Å². The Balaban J connectivity index is 1.87. The summed E-state index contributed by atoms with van der Waals surface area (Å²) in [7, 11) is 0. The third-order valence-electron chi connectivity index (χ3n) is 4.57. The van der Waals surface area contributed by atoms with Crippen molar-refractivity contribution < 1.29 is 19.1 Å². The van der Waals surface area contributed by atoms with Gasteiger partial charge in [0.2, 0.25) is 0 Å². The van der Waals surface area contributed by atoms with Gasteiger partial charge in [0.1, 0.15) is 5.82 Å². The molecule has 0 saturated carbocycles. The largest absolute Gasteiger partial charge is 0.481 e. The highest BCUT2D eigenvalue weighted by molar-refractivity contribution is 5.96. The SMILES string of the molecule is Cc1cc(F)ccc1C(=O)N1CC(C(=O)O)C(c2ccccc2)C1. The van der Waals surface area contributed by atoms with Gasteiger partial charge in [-0.25, -0.2) is 4.39 Å². The highest BCUT2D eigenvalue weighted by Gasteiger charge is 2.40. The van der Waals surface area contributed by atoms with Crippen molar-refractivity contribution >= 4 is 11.9 Å². The van der Waals surface area contributed by atoms with Crippen LogP contribution in [0, 0.1) is 18.7 Å². The van der Waals surface area contributed by atoms with Gasteiger partial charge in [-0.15, -0.1) is 0 Å². The summed E-state index contributed by atoms with van der Waals surface area (Å²) in [4.78, 5) is 25.9. The Morgan fingerprint density at radius 1 is 1.12 bits per heavy atom. The molecule has 1 saturated heterocycles. The molecule has 1 N–H and O–H groups in total. The van der Waals surface area contributed by atoms with Crippen LogP contribution in [0.3, 0.4) is 0 Å². The zero-order chi connectivity index (χ0) is 17.3. The fourth-order valence-electron chi connectivity index (χ4n) is 3.30. The second-order valence-electron chi connectivity index (χ2n) is 6.13. The Hall–Kier alpha value is -2.69. The summed E-state index contributed by atoms with van der Waals surface area (Å²) in [6.45, 7) is 2.18. The van der Waals surface area contributed by atoms with Crippen LogP contribution >= 0.6 is 0 Å². The Morgan fingerprint density at radius 3 is 2.46 bits per heavy atom. The summed E-state index contributed by atoms with van der Waals surface area (Å²) < 4.78 is 13.2. The lowest BCUT2D eigenvalue weighted by molar-refractivity contribution is -0.141. The molecular weight excluding hydrogens is 309 g/mol. The maximum Gasteiger partial charge on any atom is 0.308 e. The third-order valence-corrected chi connectivity index (χ3v) is 4.57. The van der Waals surface area contributed by atoms with E-state index in [4.69, 9.17) is 0 Å². The van der Waals surface area contributed by atoms with Crippen LogP contribution in [0.5, 0.6) is 0 Å². The number of hydrogen-bond donors (Lipinski definition) is 1. The first-order valence-corrected chi connectivity index (χ1v) is 7.80. The fraction of sp³-hybridized carbons (Fsp3) is 0.263. The monoisotopic (exact) mass is 327 g/mol. The summed E-state index contributed by atoms with van der Waals surface area (Å²) >= 11 is 0. The van der Waals surface area contributed by atoms with Gasteiger partial charge in [0.05, 0.1) is 5.92 Å². The number of nitrogens with zero attached hydrogens (tertiary/aromatic N) is 1. The molecule has 0 bridgehead atoms. The van der Waals surface area contributed by atoms with Crippen LogP contribution in [0.25, 0.3) is 0 Å². The number of carbonyl (C=O) groups is 2. The number of carboxylic acids is 1. The van der Waals surface area contributed by atoms with Crippen molar-refractivity contribution in [3.63, 3.8) is 0 Å². The van der Waals surface area contributed by atoms with Gasteiger partial charge in [-0.05, 0) is 36.2 Å². The van der Waals surface area contributed by atoms with Crippen molar-refractivity contribution in [3.8, 4) is 0 Å². The molecule has 2 atom stereocenters. The van der Waals surface area contributed by atoms with Crippen LogP contribution in [0.4, 0.5) is 4.39 Å². The number of halogens is 1. The number of rotatable bonds is 3. The lowest BCUT2D eigenvalue weighted by Gasteiger charge is -2.18. The topological polar surface area (TPSA) is 57.6 Å². The van der Waals surface area contributed by atoms with E-state index in [2.05, 4.69) is 0 Å². The summed E-state index contributed by atoms with van der Waals surface area (Å²) in [5.41, 5.74) is 1.88. The first-order valence-electron chi connectivity index (χ1n) is 7.80. The summed E-state index contributed by atoms with van der Waals surface area (Å²) in [5.74, 6) is -2.44. The molecule has 24 heavy (non-hydrogen) atoms. The predicted octanol–water partition coefficient (Wildman–Crippen LogP) is 3.07. The van der Waals surface area contributed by atoms with Gasteiger partial charge in [-0.2, -0.15) is 0 Å². The molecule has 1 fully saturated rings. The molecule has 0 aromatic heterocycles. The molecule has 0 radical (unpaired) electrons. The van der Waals surface area contributed by atoms with E-state index >= 15 is 0 Å². The van der Waals surface area contributed by atoms with Gasteiger partial charge < -0.3 is 10.0 Å². The van der Waals surface area contributed by atoms with Gasteiger partial charge in [-0.3, -0.25) is 9.59 Å². The normalized spacial score (nSPS) is 20.2. The van der Waals surface area contributed by atoms with Crippen molar-refractivity contribution in [2.45, 2.75) is 12.8 Å². The maximum atomic E-state index is 13.2. The van der Waals surface area contributed by atoms with E-state index in [0.29, 0.717) is 17.7 Å². The highest BCUT2D eigenvalue weighted by atomic mass is 19.1. The lowest BCUT2D eigenvalue weighted by atomic mass is 9.89. The molecule has 1 aliphatic rings. The zero-order valence-electron chi connectivity index (χ0n) is 13.3. The summed E-state index contributed by atoms with van der Waals surface area (Å²) in [6, 6.07) is 13.4. The quantitative estimate of drug-likeness (QED) is 0.942. The molecular formula is C19H18FNO3. The Labute approximate surface area is 139 Å². The van der Waals surface area contributed by atoms with Crippen molar-refractivity contribution in [3.05, 3.63) is 71.0 Å². The first-order chi connectivity index (χ1) is 11.5. The van der Waals surface area contributed by atoms with E-state index in [9.17, 15) is 19.1 Å². The van der Waals surface area contributed by atoms with Crippen molar-refractivity contribution in [1.82, 2.24) is 4.90 Å². The van der Waals surface area contributed by atoms with E-state index in [1.54, 1.807) is 11.8 Å². The molecule has 124 valence electrons. The fourth-order valence-corrected chi connectivity index (χ4v) is 3.30. The van der Waals surface area contributed by atoms with E-state index in [-0.39, 0.29) is 18.4 Å². The smallest absolute Gasteiger partial charge is 0.308 e. The predicted molar refractivity (Wildman–Crippen MR) is 87.3 cm³/mol. The van der Waals surface area contributed by atoms with Gasteiger partial charge in [-0.1, -0.05) is 30.3 Å². The summed E-state index contributed by atoms with van der Waals surface area (Å²) in [5, 5.41) is 9.52. The highest BCUT2D eigenvalue weighted by Crippen LogP contribution is 2.33. The number of hydrogen-bond acceptors (Lipinski definition) is 2. The van der Waals surface area contributed by atoms with Crippen molar-refractivity contribution in [2.24, 2.45) is 5.92 Å². The van der Waals surface area contributed by atoms with Gasteiger partial charge in [0, 0.05) is 24.6 Å². The average molecular weight is 327 g/mol. The molecule has 2 unspecified atom stereocenters. The minimum atomic E-state index is -0.907. The molecule has 0 spiro atoms. The molecule has 4 nitrogen and oxygen atoms in total. The standard InChI is InChI=1S/C19H18FNO3/c1-12-9-14(20)7-8-15(12)18(22)21-10-16(17(11-21)19(23)24)13-5-3-2-4-6-13/h2-9,16-17H,10-11H2,1H3,(H,23,24). The van der Waals surface area contributed by atoms with Crippen LogP contribution in [0.15, 0.2) is 48.5 Å². The molecule has 1 amide bonds. The zero-order valence-corrected chi connectivity index (χ0v) is 13.3.